The van der Waals surface area contributed by atoms with Gasteiger partial charge in [-0.05, 0) is 31.9 Å². The molecule has 0 amide bonds. The van der Waals surface area contributed by atoms with E-state index in [2.05, 4.69) is 5.32 Å². The summed E-state index contributed by atoms with van der Waals surface area (Å²) in [4.78, 5) is 10.6. The van der Waals surface area contributed by atoms with E-state index < -0.39 is 5.97 Å². The first-order valence-electron chi connectivity index (χ1n) is 5.28. The maximum Gasteiger partial charge on any atom is 0.371 e. The molecule has 2 rings (SSSR count). The number of rotatable bonds is 5. The van der Waals surface area contributed by atoms with Crippen molar-refractivity contribution in [2.24, 2.45) is 0 Å². The Hall–Kier alpha value is -1.33. The lowest BCUT2D eigenvalue weighted by molar-refractivity contribution is 0.0659. The molecule has 0 aliphatic heterocycles. The number of aliphatic hydroxyl groups is 1. The second-order valence-electron chi connectivity index (χ2n) is 4.31. The maximum atomic E-state index is 10.6. The molecule has 5 heteroatoms. The highest BCUT2D eigenvalue weighted by Crippen LogP contribution is 2.37. The second kappa shape index (κ2) is 3.92. The Balaban J connectivity index is 2.03. The topological polar surface area (TPSA) is 82.7 Å². The monoisotopic (exact) mass is 225 g/mol. The van der Waals surface area contributed by atoms with Gasteiger partial charge in [-0.2, -0.15) is 0 Å². The molecule has 1 aromatic rings. The molecule has 1 aliphatic rings. The minimum atomic E-state index is -1.07. The highest BCUT2D eigenvalue weighted by Gasteiger charge is 2.43. The summed E-state index contributed by atoms with van der Waals surface area (Å²) in [5.74, 6) is -0.545. The molecule has 16 heavy (non-hydrogen) atoms. The smallest absolute Gasteiger partial charge is 0.371 e. The van der Waals surface area contributed by atoms with Gasteiger partial charge in [0, 0.05) is 5.54 Å². The van der Waals surface area contributed by atoms with E-state index in [1.165, 1.54) is 6.07 Å². The van der Waals surface area contributed by atoms with Gasteiger partial charge in [0.15, 0.2) is 0 Å². The molecule has 1 saturated carbocycles. The Morgan fingerprint density at radius 2 is 2.31 bits per heavy atom. The van der Waals surface area contributed by atoms with Crippen LogP contribution in [-0.4, -0.2) is 28.3 Å². The van der Waals surface area contributed by atoms with Crippen molar-refractivity contribution >= 4 is 5.97 Å². The number of aliphatic hydroxyl groups excluding tert-OH is 1. The summed E-state index contributed by atoms with van der Waals surface area (Å²) in [5, 5.41) is 21.1. The Bertz CT molecular complexity index is 394. The third-order valence-electron chi connectivity index (χ3n) is 2.94. The van der Waals surface area contributed by atoms with Gasteiger partial charge in [0.25, 0.3) is 0 Å². The zero-order valence-corrected chi connectivity index (χ0v) is 9.06. The van der Waals surface area contributed by atoms with Gasteiger partial charge in [-0.3, -0.25) is 5.32 Å². The first-order chi connectivity index (χ1) is 7.56. The Morgan fingerprint density at radius 1 is 1.62 bits per heavy atom. The number of carbonyl (C=O) groups is 1. The first-order valence-corrected chi connectivity index (χ1v) is 5.28. The number of nitrogens with one attached hydrogen (secondary N) is 1. The van der Waals surface area contributed by atoms with E-state index in [0.29, 0.717) is 5.76 Å². The van der Waals surface area contributed by atoms with Crippen LogP contribution in [-0.2, 0) is 0 Å². The molecule has 0 radical (unpaired) electrons. The molecular formula is C11H15NO4. The van der Waals surface area contributed by atoms with Gasteiger partial charge in [-0.15, -0.1) is 0 Å². The van der Waals surface area contributed by atoms with Crippen LogP contribution in [0.4, 0.5) is 0 Å². The van der Waals surface area contributed by atoms with Crippen molar-refractivity contribution in [3.63, 3.8) is 0 Å². The first kappa shape index (κ1) is 11.2. The molecule has 1 fully saturated rings. The number of carboxylic acids is 1. The van der Waals surface area contributed by atoms with Crippen molar-refractivity contribution in [1.29, 1.82) is 0 Å². The minimum Gasteiger partial charge on any atom is -0.475 e. The van der Waals surface area contributed by atoms with E-state index >= 15 is 0 Å². The van der Waals surface area contributed by atoms with Gasteiger partial charge < -0.3 is 14.6 Å². The molecule has 0 saturated heterocycles. The van der Waals surface area contributed by atoms with Crippen LogP contribution in [0.25, 0.3) is 0 Å². The maximum absolute atomic E-state index is 10.6. The van der Waals surface area contributed by atoms with Crippen molar-refractivity contribution in [1.82, 2.24) is 5.32 Å². The lowest BCUT2D eigenvalue weighted by atomic mass is 10.2. The third kappa shape index (κ3) is 2.10. The summed E-state index contributed by atoms with van der Waals surface area (Å²) >= 11 is 0. The van der Waals surface area contributed by atoms with Crippen molar-refractivity contribution in [3.05, 3.63) is 23.7 Å². The van der Waals surface area contributed by atoms with Gasteiger partial charge >= 0.3 is 5.97 Å². The SMILES string of the molecule is CC(NC1(CO)CC1)c1ccc(C(=O)O)o1. The van der Waals surface area contributed by atoms with Gasteiger partial charge in [0.05, 0.1) is 12.6 Å². The molecule has 1 aromatic heterocycles. The Kier molecular flexibility index (Phi) is 2.73. The van der Waals surface area contributed by atoms with Gasteiger partial charge in [0.2, 0.25) is 5.76 Å². The van der Waals surface area contributed by atoms with Crippen molar-refractivity contribution in [3.8, 4) is 0 Å². The van der Waals surface area contributed by atoms with Crippen LogP contribution in [0, 0.1) is 0 Å². The van der Waals surface area contributed by atoms with Crippen LogP contribution in [0.1, 0.15) is 42.1 Å². The lowest BCUT2D eigenvalue weighted by Crippen LogP contribution is -2.36. The van der Waals surface area contributed by atoms with Gasteiger partial charge in [-0.1, -0.05) is 0 Å². The predicted molar refractivity (Wildman–Crippen MR) is 56.3 cm³/mol. The number of hydrogen-bond acceptors (Lipinski definition) is 4. The fourth-order valence-corrected chi connectivity index (χ4v) is 1.73. The molecule has 0 spiro atoms. The van der Waals surface area contributed by atoms with E-state index in [4.69, 9.17) is 14.6 Å². The van der Waals surface area contributed by atoms with E-state index in [0.717, 1.165) is 12.8 Å². The third-order valence-corrected chi connectivity index (χ3v) is 2.94. The molecule has 88 valence electrons. The molecule has 1 heterocycles. The number of aromatic carboxylic acids is 1. The molecule has 1 atom stereocenters. The lowest BCUT2D eigenvalue weighted by Gasteiger charge is -2.19. The molecule has 3 N–H and O–H groups in total. The van der Waals surface area contributed by atoms with E-state index in [1.54, 1.807) is 6.07 Å². The summed E-state index contributed by atoms with van der Waals surface area (Å²) in [6.45, 7) is 1.99. The fourth-order valence-electron chi connectivity index (χ4n) is 1.73. The summed E-state index contributed by atoms with van der Waals surface area (Å²) in [6.07, 6.45) is 1.89. The molecule has 1 unspecified atom stereocenters. The average Bonchev–Trinajstić information content (AvgIpc) is 2.83. The number of furan rings is 1. The van der Waals surface area contributed by atoms with Crippen LogP contribution in [0.15, 0.2) is 16.5 Å². The summed E-state index contributed by atoms with van der Waals surface area (Å²) in [5.41, 5.74) is -0.185. The number of hydrogen-bond donors (Lipinski definition) is 3. The summed E-state index contributed by atoms with van der Waals surface area (Å²) < 4.78 is 5.18. The van der Waals surface area contributed by atoms with E-state index in [-0.39, 0.29) is 23.9 Å². The van der Waals surface area contributed by atoms with Crippen molar-refractivity contribution in [2.45, 2.75) is 31.3 Å². The van der Waals surface area contributed by atoms with Gasteiger partial charge in [-0.25, -0.2) is 4.79 Å². The molecule has 0 bridgehead atoms. The normalized spacial score (nSPS) is 19.4. The highest BCUT2D eigenvalue weighted by molar-refractivity contribution is 5.84. The van der Waals surface area contributed by atoms with Crippen LogP contribution in [0.3, 0.4) is 0 Å². The Morgan fingerprint density at radius 3 is 2.75 bits per heavy atom. The molecule has 1 aliphatic carbocycles. The Labute approximate surface area is 93.1 Å². The standard InChI is InChI=1S/C11H15NO4/c1-7(12-11(6-13)4-5-11)8-2-3-9(16-8)10(14)15/h2-3,7,12-13H,4-6H2,1H3,(H,14,15). The molecule has 5 nitrogen and oxygen atoms in total. The molecular weight excluding hydrogens is 210 g/mol. The van der Waals surface area contributed by atoms with Crippen LogP contribution < -0.4 is 5.32 Å². The average molecular weight is 225 g/mol. The zero-order valence-electron chi connectivity index (χ0n) is 9.06. The predicted octanol–water partition coefficient (Wildman–Crippen LogP) is 1.15. The minimum absolute atomic E-state index is 0.0579. The van der Waals surface area contributed by atoms with Crippen LogP contribution >= 0.6 is 0 Å². The van der Waals surface area contributed by atoms with E-state index in [9.17, 15) is 4.79 Å². The van der Waals surface area contributed by atoms with Gasteiger partial charge in [0.1, 0.15) is 5.76 Å². The van der Waals surface area contributed by atoms with E-state index in [1.807, 2.05) is 6.92 Å². The highest BCUT2D eigenvalue weighted by atomic mass is 16.4. The van der Waals surface area contributed by atoms with Crippen LogP contribution in [0.2, 0.25) is 0 Å². The summed E-state index contributed by atoms with van der Waals surface area (Å²) in [7, 11) is 0. The molecule has 0 aromatic carbocycles. The van der Waals surface area contributed by atoms with Crippen molar-refractivity contribution < 1.29 is 19.4 Å². The summed E-state index contributed by atoms with van der Waals surface area (Å²) in [6, 6.07) is 2.99. The second-order valence-corrected chi connectivity index (χ2v) is 4.31. The van der Waals surface area contributed by atoms with Crippen molar-refractivity contribution in [2.75, 3.05) is 6.61 Å². The largest absolute Gasteiger partial charge is 0.475 e. The fraction of sp³-hybridized carbons (Fsp3) is 0.545. The quantitative estimate of drug-likeness (QED) is 0.700. The zero-order chi connectivity index (χ0) is 11.8. The number of carboxylic acid groups (broad SMARTS) is 1. The van der Waals surface area contributed by atoms with Crippen LogP contribution in [0.5, 0.6) is 0 Å².